The number of hydrazone groups is 1. The number of nitrogens with zero attached hydrogens (tertiary/aromatic N) is 1. The Morgan fingerprint density at radius 2 is 1.81 bits per heavy atom. The summed E-state index contributed by atoms with van der Waals surface area (Å²) in [5, 5.41) is 22.4. The van der Waals surface area contributed by atoms with Crippen LogP contribution in [0, 0.1) is 0 Å². The number of hydrogen-bond acceptors (Lipinski definition) is 7. The molecule has 0 radical (unpaired) electrons. The number of ether oxygens (including phenoxy) is 2. The number of rotatable bonds is 6. The van der Waals surface area contributed by atoms with Crippen LogP contribution < -0.4 is 14.3 Å². The van der Waals surface area contributed by atoms with Crippen molar-refractivity contribution in [1.82, 2.24) is 4.83 Å². The predicted molar refractivity (Wildman–Crippen MR) is 97.3 cm³/mol. The fourth-order valence-electron chi connectivity index (χ4n) is 1.92. The molecule has 0 saturated carbocycles. The summed E-state index contributed by atoms with van der Waals surface area (Å²) in [6.45, 7) is 0. The smallest absolute Gasteiger partial charge is 0.280 e. The van der Waals surface area contributed by atoms with Gasteiger partial charge in [0.1, 0.15) is 27.2 Å². The van der Waals surface area contributed by atoms with Crippen molar-refractivity contribution in [3.05, 3.63) is 39.9 Å². The normalized spacial score (nSPS) is 11.5. The monoisotopic (exact) mass is 420 g/mol. The van der Waals surface area contributed by atoms with Gasteiger partial charge in [-0.05, 0) is 18.2 Å². The minimum absolute atomic E-state index is 0.00175. The van der Waals surface area contributed by atoms with Crippen molar-refractivity contribution >= 4 is 39.4 Å². The van der Waals surface area contributed by atoms with Crippen LogP contribution in [0.2, 0.25) is 10.0 Å². The second-order valence-corrected chi connectivity index (χ2v) is 7.24. The van der Waals surface area contributed by atoms with Crippen LogP contribution in [-0.4, -0.2) is 39.1 Å². The van der Waals surface area contributed by atoms with E-state index in [4.69, 9.17) is 32.7 Å². The molecule has 0 aromatic heterocycles. The Kier molecular flexibility index (Phi) is 6.06. The molecule has 0 heterocycles. The first-order chi connectivity index (χ1) is 12.2. The van der Waals surface area contributed by atoms with Crippen LogP contribution in [0.25, 0.3) is 0 Å². The summed E-state index contributed by atoms with van der Waals surface area (Å²) in [6, 6.07) is 5.41. The first-order valence-corrected chi connectivity index (χ1v) is 9.12. The molecular weight excluding hydrogens is 407 g/mol. The van der Waals surface area contributed by atoms with Gasteiger partial charge in [-0.1, -0.05) is 23.2 Å². The molecule has 0 aliphatic rings. The van der Waals surface area contributed by atoms with Crippen LogP contribution in [0.1, 0.15) is 5.56 Å². The summed E-state index contributed by atoms with van der Waals surface area (Å²) in [5.41, 5.74) is -0.00175. The molecule has 0 bridgehead atoms. The Hall–Kier alpha value is -2.36. The number of halogens is 2. The zero-order chi connectivity index (χ0) is 19.5. The molecule has 26 heavy (non-hydrogen) atoms. The molecule has 8 nitrogen and oxygen atoms in total. The third-order valence-corrected chi connectivity index (χ3v) is 5.12. The van der Waals surface area contributed by atoms with Crippen molar-refractivity contribution in [3.63, 3.8) is 0 Å². The van der Waals surface area contributed by atoms with Crippen molar-refractivity contribution in [2.24, 2.45) is 5.10 Å². The van der Waals surface area contributed by atoms with E-state index in [9.17, 15) is 18.6 Å². The van der Waals surface area contributed by atoms with Gasteiger partial charge in [0.25, 0.3) is 10.0 Å². The number of methoxy groups -OCH3 is 2. The van der Waals surface area contributed by atoms with E-state index in [1.807, 2.05) is 4.83 Å². The minimum Gasteiger partial charge on any atom is -0.506 e. The lowest BCUT2D eigenvalue weighted by molar-refractivity contribution is 0.392. The predicted octanol–water partition coefficient (Wildman–Crippen LogP) is 2.73. The molecule has 0 amide bonds. The highest BCUT2D eigenvalue weighted by Crippen LogP contribution is 2.40. The van der Waals surface area contributed by atoms with Crippen molar-refractivity contribution < 1.29 is 28.1 Å². The second-order valence-electron chi connectivity index (χ2n) is 4.83. The number of sulfonamides is 1. The fraction of sp³-hybridized carbons (Fsp3) is 0.133. The van der Waals surface area contributed by atoms with Crippen LogP contribution in [0.3, 0.4) is 0 Å². The fourth-order valence-corrected chi connectivity index (χ4v) is 3.37. The Bertz CT molecular complexity index is 963. The van der Waals surface area contributed by atoms with Crippen LogP contribution >= 0.6 is 23.2 Å². The maximum atomic E-state index is 12.4. The van der Waals surface area contributed by atoms with Gasteiger partial charge in [-0.15, -0.1) is 0 Å². The van der Waals surface area contributed by atoms with Gasteiger partial charge in [0.2, 0.25) is 0 Å². The molecule has 2 aromatic rings. The lowest BCUT2D eigenvalue weighted by Gasteiger charge is -2.10. The van der Waals surface area contributed by atoms with E-state index in [0.29, 0.717) is 5.75 Å². The van der Waals surface area contributed by atoms with Gasteiger partial charge >= 0.3 is 0 Å². The lowest BCUT2D eigenvalue weighted by Crippen LogP contribution is -2.19. The largest absolute Gasteiger partial charge is 0.506 e. The summed E-state index contributed by atoms with van der Waals surface area (Å²) >= 11 is 11.5. The van der Waals surface area contributed by atoms with E-state index < -0.39 is 21.5 Å². The average molecular weight is 421 g/mol. The molecule has 0 spiro atoms. The number of benzene rings is 2. The van der Waals surface area contributed by atoms with E-state index in [1.54, 1.807) is 6.07 Å². The number of phenolic OH excluding ortho intramolecular Hbond substituents is 2. The van der Waals surface area contributed by atoms with Gasteiger partial charge < -0.3 is 19.7 Å². The van der Waals surface area contributed by atoms with Gasteiger partial charge in [0, 0.05) is 11.6 Å². The third-order valence-electron chi connectivity index (χ3n) is 3.23. The zero-order valence-corrected chi connectivity index (χ0v) is 15.9. The van der Waals surface area contributed by atoms with E-state index in [0.717, 1.165) is 6.21 Å². The van der Waals surface area contributed by atoms with Gasteiger partial charge in [-0.25, -0.2) is 0 Å². The van der Waals surface area contributed by atoms with Gasteiger partial charge in [-0.3, -0.25) is 0 Å². The highest BCUT2D eigenvalue weighted by atomic mass is 35.5. The molecule has 0 unspecified atom stereocenters. The molecule has 0 saturated heterocycles. The Morgan fingerprint density at radius 3 is 2.42 bits per heavy atom. The molecule has 2 aromatic carbocycles. The van der Waals surface area contributed by atoms with E-state index >= 15 is 0 Å². The SMILES string of the molecule is COc1ccc(OC)c(S(=O)(=O)N/N=C/c2cc(Cl)c(O)c(Cl)c2O)c1. The third kappa shape index (κ3) is 4.06. The topological polar surface area (TPSA) is 117 Å². The molecular formula is C15H14Cl2N2O6S. The Labute approximate surface area is 159 Å². The first kappa shape index (κ1) is 20.0. The summed E-state index contributed by atoms with van der Waals surface area (Å²) < 4.78 is 34.9. The molecule has 2 rings (SSSR count). The lowest BCUT2D eigenvalue weighted by atomic mass is 10.2. The number of hydrogen-bond donors (Lipinski definition) is 3. The Balaban J connectivity index is 2.33. The number of aromatic hydroxyl groups is 2. The quantitative estimate of drug-likeness (QED) is 0.488. The van der Waals surface area contributed by atoms with Crippen molar-refractivity contribution in [3.8, 4) is 23.0 Å². The minimum atomic E-state index is -4.10. The molecule has 0 atom stereocenters. The van der Waals surface area contributed by atoms with Gasteiger partial charge in [0.15, 0.2) is 5.75 Å². The standard InChI is InChI=1S/C15H14Cl2N2O6S/c1-24-9-3-4-11(25-2)12(6-9)26(22,23)19-18-7-8-5-10(16)15(21)13(17)14(8)20/h3-7,19-21H,1-2H3/b18-7+. The molecule has 0 aliphatic carbocycles. The van der Waals surface area contributed by atoms with Crippen LogP contribution in [-0.2, 0) is 10.0 Å². The number of nitrogens with one attached hydrogen (secondary N) is 1. The zero-order valence-electron chi connectivity index (χ0n) is 13.5. The number of phenols is 2. The molecule has 0 fully saturated rings. The second kappa shape index (κ2) is 7.90. The molecule has 3 N–H and O–H groups in total. The highest BCUT2D eigenvalue weighted by Gasteiger charge is 2.20. The van der Waals surface area contributed by atoms with Crippen LogP contribution in [0.5, 0.6) is 23.0 Å². The summed E-state index contributed by atoms with van der Waals surface area (Å²) in [7, 11) is -1.38. The van der Waals surface area contributed by atoms with Crippen LogP contribution in [0.4, 0.5) is 0 Å². The van der Waals surface area contributed by atoms with Gasteiger partial charge in [0.05, 0.1) is 25.5 Å². The molecule has 140 valence electrons. The molecule has 0 aliphatic heterocycles. The van der Waals surface area contributed by atoms with E-state index in [2.05, 4.69) is 5.10 Å². The Morgan fingerprint density at radius 1 is 1.12 bits per heavy atom. The highest BCUT2D eigenvalue weighted by molar-refractivity contribution is 7.89. The summed E-state index contributed by atoms with van der Waals surface area (Å²) in [4.78, 5) is 1.78. The average Bonchev–Trinajstić information content (AvgIpc) is 2.63. The van der Waals surface area contributed by atoms with Gasteiger partial charge in [-0.2, -0.15) is 18.4 Å². The van der Waals surface area contributed by atoms with E-state index in [1.165, 1.54) is 32.4 Å². The summed E-state index contributed by atoms with van der Waals surface area (Å²) in [6.07, 6.45) is 0.983. The maximum absolute atomic E-state index is 12.4. The van der Waals surface area contributed by atoms with E-state index in [-0.39, 0.29) is 26.3 Å². The first-order valence-electron chi connectivity index (χ1n) is 6.88. The molecule has 11 heteroatoms. The van der Waals surface area contributed by atoms with Crippen molar-refractivity contribution in [2.75, 3.05) is 14.2 Å². The maximum Gasteiger partial charge on any atom is 0.280 e. The van der Waals surface area contributed by atoms with Crippen molar-refractivity contribution in [2.45, 2.75) is 4.90 Å². The summed E-state index contributed by atoms with van der Waals surface area (Å²) in [5.74, 6) is -0.600. The van der Waals surface area contributed by atoms with Crippen LogP contribution in [0.15, 0.2) is 34.3 Å². The van der Waals surface area contributed by atoms with Crippen molar-refractivity contribution in [1.29, 1.82) is 0 Å².